The molecule has 22 heavy (non-hydrogen) atoms. The molecule has 8 heteroatoms. The van der Waals surface area contributed by atoms with E-state index >= 15 is 0 Å². The van der Waals surface area contributed by atoms with Gasteiger partial charge in [0.2, 0.25) is 10.0 Å². The van der Waals surface area contributed by atoms with Crippen LogP contribution in [-0.4, -0.2) is 20.7 Å². The molecule has 0 aromatic heterocycles. The first kappa shape index (κ1) is 15.8. The normalized spacial score (nSPS) is 10.8. The summed E-state index contributed by atoms with van der Waals surface area (Å²) in [5, 5.41) is 4.89. The van der Waals surface area contributed by atoms with Gasteiger partial charge < -0.3 is 10.6 Å². The van der Waals surface area contributed by atoms with Gasteiger partial charge in [-0.3, -0.25) is 4.72 Å². The summed E-state index contributed by atoms with van der Waals surface area (Å²) in [5.41, 5.74) is 0.880. The van der Waals surface area contributed by atoms with E-state index in [-0.39, 0.29) is 5.69 Å². The summed E-state index contributed by atoms with van der Waals surface area (Å²) in [6, 6.07) is 11.2. The topological polar surface area (TPSA) is 87.3 Å². The Kier molecular flexibility index (Phi) is 4.62. The van der Waals surface area contributed by atoms with E-state index in [2.05, 4.69) is 15.4 Å². The summed E-state index contributed by atoms with van der Waals surface area (Å²) in [4.78, 5) is 11.7. The van der Waals surface area contributed by atoms with Crippen LogP contribution in [0.25, 0.3) is 0 Å². The summed E-state index contributed by atoms with van der Waals surface area (Å²) in [7, 11) is -3.35. The first-order valence-corrected chi connectivity index (χ1v) is 8.13. The number of benzene rings is 2. The zero-order chi connectivity index (χ0) is 16.2. The summed E-state index contributed by atoms with van der Waals surface area (Å²) in [6.45, 7) is 0. The third-order valence-corrected chi connectivity index (χ3v) is 3.17. The number of hydrogen-bond acceptors (Lipinski definition) is 3. The lowest BCUT2D eigenvalue weighted by Gasteiger charge is -2.09. The third kappa shape index (κ3) is 4.74. The SMILES string of the molecule is CS(=O)(=O)Nc1ccc(NC(=O)Nc2ccccc2F)cc1. The predicted octanol–water partition coefficient (Wildman–Crippen LogP) is 2.84. The van der Waals surface area contributed by atoms with Crippen molar-refractivity contribution in [2.45, 2.75) is 0 Å². The Morgan fingerprint density at radius 3 is 2.14 bits per heavy atom. The van der Waals surface area contributed by atoms with E-state index in [1.54, 1.807) is 6.07 Å². The van der Waals surface area contributed by atoms with Crippen LogP contribution in [0.4, 0.5) is 26.2 Å². The molecular formula is C14H14FN3O3S. The van der Waals surface area contributed by atoms with Crippen LogP contribution in [-0.2, 0) is 10.0 Å². The second kappa shape index (κ2) is 6.44. The highest BCUT2D eigenvalue weighted by Gasteiger charge is 2.07. The summed E-state index contributed by atoms with van der Waals surface area (Å²) >= 11 is 0. The molecule has 0 radical (unpaired) electrons. The highest BCUT2D eigenvalue weighted by Crippen LogP contribution is 2.16. The van der Waals surface area contributed by atoms with Gasteiger partial charge in [-0.1, -0.05) is 12.1 Å². The monoisotopic (exact) mass is 323 g/mol. The molecule has 0 aliphatic carbocycles. The number of halogens is 1. The van der Waals surface area contributed by atoms with E-state index in [4.69, 9.17) is 0 Å². The van der Waals surface area contributed by atoms with Gasteiger partial charge in [0.25, 0.3) is 0 Å². The van der Waals surface area contributed by atoms with Crippen molar-refractivity contribution in [3.63, 3.8) is 0 Å². The molecule has 0 unspecified atom stereocenters. The van der Waals surface area contributed by atoms with Crippen LogP contribution in [0.1, 0.15) is 0 Å². The Morgan fingerprint density at radius 1 is 0.955 bits per heavy atom. The standard InChI is InChI=1S/C14H14FN3O3S/c1-22(20,21)18-11-8-6-10(7-9-11)16-14(19)17-13-5-3-2-4-12(13)15/h2-9,18H,1H3,(H2,16,17,19). The molecule has 3 N–H and O–H groups in total. The molecule has 6 nitrogen and oxygen atoms in total. The molecule has 0 saturated carbocycles. The Hall–Kier alpha value is -2.61. The van der Waals surface area contributed by atoms with Gasteiger partial charge in [-0.25, -0.2) is 17.6 Å². The average molecular weight is 323 g/mol. The molecule has 0 spiro atoms. The number of hydrogen-bond donors (Lipinski definition) is 3. The first-order valence-electron chi connectivity index (χ1n) is 6.24. The van der Waals surface area contributed by atoms with Crippen molar-refractivity contribution in [3.8, 4) is 0 Å². The van der Waals surface area contributed by atoms with Gasteiger partial charge in [0.05, 0.1) is 11.9 Å². The third-order valence-electron chi connectivity index (χ3n) is 2.57. The number of nitrogens with one attached hydrogen (secondary N) is 3. The second-order valence-electron chi connectivity index (χ2n) is 4.51. The Balaban J connectivity index is 1.99. The molecule has 0 heterocycles. The van der Waals surface area contributed by atoms with Gasteiger partial charge in [0, 0.05) is 11.4 Å². The Labute approximate surface area is 127 Å². The Bertz CT molecular complexity index is 776. The van der Waals surface area contributed by atoms with Crippen molar-refractivity contribution in [3.05, 3.63) is 54.3 Å². The maximum atomic E-state index is 13.4. The molecule has 0 aliphatic rings. The summed E-state index contributed by atoms with van der Waals surface area (Å²) in [5.74, 6) is -0.537. The fourth-order valence-electron chi connectivity index (χ4n) is 1.68. The lowest BCUT2D eigenvalue weighted by atomic mass is 10.3. The number of sulfonamides is 1. The molecule has 0 fully saturated rings. The Morgan fingerprint density at radius 2 is 1.55 bits per heavy atom. The summed E-state index contributed by atoms with van der Waals surface area (Å²) < 4.78 is 37.8. The number of amides is 2. The minimum atomic E-state index is -3.35. The highest BCUT2D eigenvalue weighted by atomic mass is 32.2. The van der Waals surface area contributed by atoms with Crippen molar-refractivity contribution in [2.75, 3.05) is 21.6 Å². The number of anilines is 3. The van der Waals surface area contributed by atoms with Crippen LogP contribution in [0.5, 0.6) is 0 Å². The molecule has 0 bridgehead atoms. The van der Waals surface area contributed by atoms with Gasteiger partial charge in [0.1, 0.15) is 5.82 Å². The van der Waals surface area contributed by atoms with E-state index in [1.165, 1.54) is 42.5 Å². The molecule has 2 rings (SSSR count). The van der Waals surface area contributed by atoms with Gasteiger partial charge in [-0.15, -0.1) is 0 Å². The number of carbonyl (C=O) groups excluding carboxylic acids is 1. The zero-order valence-electron chi connectivity index (χ0n) is 11.6. The minimum absolute atomic E-state index is 0.0652. The smallest absolute Gasteiger partial charge is 0.308 e. The van der Waals surface area contributed by atoms with Crippen LogP contribution in [0.15, 0.2) is 48.5 Å². The summed E-state index contributed by atoms with van der Waals surface area (Å²) in [6.07, 6.45) is 1.04. The molecule has 2 amide bonds. The predicted molar refractivity (Wildman–Crippen MR) is 83.9 cm³/mol. The van der Waals surface area contributed by atoms with Crippen molar-refractivity contribution in [2.24, 2.45) is 0 Å². The number of carbonyl (C=O) groups is 1. The lowest BCUT2D eigenvalue weighted by molar-refractivity contribution is 0.262. The molecular weight excluding hydrogens is 309 g/mol. The van der Waals surface area contributed by atoms with E-state index in [1.807, 2.05) is 0 Å². The minimum Gasteiger partial charge on any atom is -0.308 e. The number of urea groups is 1. The van der Waals surface area contributed by atoms with Crippen molar-refractivity contribution in [1.82, 2.24) is 0 Å². The van der Waals surface area contributed by atoms with Gasteiger partial charge in [-0.2, -0.15) is 0 Å². The maximum Gasteiger partial charge on any atom is 0.323 e. The van der Waals surface area contributed by atoms with Crippen molar-refractivity contribution < 1.29 is 17.6 Å². The van der Waals surface area contributed by atoms with Crippen molar-refractivity contribution >= 4 is 33.1 Å². The van der Waals surface area contributed by atoms with Crippen LogP contribution in [0.3, 0.4) is 0 Å². The average Bonchev–Trinajstić information content (AvgIpc) is 2.42. The molecule has 116 valence electrons. The van der Waals surface area contributed by atoms with E-state index in [0.29, 0.717) is 11.4 Å². The zero-order valence-corrected chi connectivity index (χ0v) is 12.4. The van der Waals surface area contributed by atoms with Crippen molar-refractivity contribution in [1.29, 1.82) is 0 Å². The van der Waals surface area contributed by atoms with Gasteiger partial charge in [-0.05, 0) is 36.4 Å². The fraction of sp³-hybridized carbons (Fsp3) is 0.0714. The first-order chi connectivity index (χ1) is 10.3. The molecule has 0 aliphatic heterocycles. The van der Waals surface area contributed by atoms with E-state index in [0.717, 1.165) is 6.26 Å². The van der Waals surface area contributed by atoms with E-state index in [9.17, 15) is 17.6 Å². The van der Waals surface area contributed by atoms with Crippen LogP contribution < -0.4 is 15.4 Å². The van der Waals surface area contributed by atoms with Crippen LogP contribution in [0, 0.1) is 5.82 Å². The van der Waals surface area contributed by atoms with Crippen LogP contribution in [0.2, 0.25) is 0 Å². The number of para-hydroxylation sites is 1. The molecule has 2 aromatic carbocycles. The van der Waals surface area contributed by atoms with E-state index < -0.39 is 21.9 Å². The fourth-order valence-corrected chi connectivity index (χ4v) is 2.25. The largest absolute Gasteiger partial charge is 0.323 e. The molecule has 0 atom stereocenters. The highest BCUT2D eigenvalue weighted by molar-refractivity contribution is 7.92. The quantitative estimate of drug-likeness (QED) is 0.808. The van der Waals surface area contributed by atoms with Gasteiger partial charge in [0.15, 0.2) is 0 Å². The van der Waals surface area contributed by atoms with Crippen LogP contribution >= 0.6 is 0 Å². The molecule has 0 saturated heterocycles. The lowest BCUT2D eigenvalue weighted by Crippen LogP contribution is -2.20. The van der Waals surface area contributed by atoms with Gasteiger partial charge >= 0.3 is 6.03 Å². The maximum absolute atomic E-state index is 13.4. The number of rotatable bonds is 4. The molecule has 2 aromatic rings. The second-order valence-corrected chi connectivity index (χ2v) is 6.26.